The summed E-state index contributed by atoms with van der Waals surface area (Å²) < 4.78 is 50.7. The summed E-state index contributed by atoms with van der Waals surface area (Å²) in [6.45, 7) is 2.99. The van der Waals surface area contributed by atoms with Gasteiger partial charge in [-0.15, -0.1) is 0 Å². The third-order valence-corrected chi connectivity index (χ3v) is 2.63. The molecule has 0 aliphatic heterocycles. The van der Waals surface area contributed by atoms with Crippen LogP contribution in [-0.2, 0) is 12.7 Å². The molecule has 0 aromatic heterocycles. The number of hydrogen-bond acceptors (Lipinski definition) is 2. The fourth-order valence-corrected chi connectivity index (χ4v) is 1.80. The number of likely N-dealkylation sites (N-methyl/N-ethyl adjacent to an activating group) is 1. The average Bonchev–Trinajstić information content (AvgIpc) is 2.25. The minimum absolute atomic E-state index is 0.134. The Morgan fingerprint density at radius 1 is 1.26 bits per heavy atom. The Morgan fingerprint density at radius 3 is 2.42 bits per heavy atom. The van der Waals surface area contributed by atoms with Crippen LogP contribution >= 0.6 is 0 Å². The molecule has 0 saturated carbocycles. The molecule has 0 heterocycles. The van der Waals surface area contributed by atoms with Gasteiger partial charge in [0, 0.05) is 19.1 Å². The second-order valence-corrected chi connectivity index (χ2v) is 4.86. The lowest BCUT2D eigenvalue weighted by Crippen LogP contribution is -2.35. The van der Waals surface area contributed by atoms with E-state index in [1.807, 2.05) is 25.9 Å². The first-order chi connectivity index (χ1) is 8.70. The van der Waals surface area contributed by atoms with Crippen molar-refractivity contribution >= 4 is 0 Å². The maximum absolute atomic E-state index is 13.1. The van der Waals surface area contributed by atoms with Crippen molar-refractivity contribution in [3.63, 3.8) is 0 Å². The van der Waals surface area contributed by atoms with Gasteiger partial charge in [-0.2, -0.15) is 13.2 Å². The quantitative estimate of drug-likeness (QED) is 0.833. The summed E-state index contributed by atoms with van der Waals surface area (Å²) in [5, 5.41) is 3.10. The molecule has 6 heteroatoms. The smallest absolute Gasteiger partial charge is 0.309 e. The first-order valence-electron chi connectivity index (χ1n) is 5.94. The van der Waals surface area contributed by atoms with Crippen LogP contribution in [0.1, 0.15) is 18.1 Å². The molecule has 0 spiro atoms. The van der Waals surface area contributed by atoms with Gasteiger partial charge >= 0.3 is 6.18 Å². The molecule has 2 nitrogen and oxygen atoms in total. The van der Waals surface area contributed by atoms with Crippen LogP contribution in [0.5, 0.6) is 0 Å². The van der Waals surface area contributed by atoms with E-state index in [2.05, 4.69) is 5.32 Å². The summed E-state index contributed by atoms with van der Waals surface area (Å²) in [6.07, 6.45) is -4.66. The zero-order valence-corrected chi connectivity index (χ0v) is 11.2. The lowest BCUT2D eigenvalue weighted by molar-refractivity contribution is -0.140. The van der Waals surface area contributed by atoms with E-state index in [-0.39, 0.29) is 12.6 Å². The zero-order valence-electron chi connectivity index (χ0n) is 11.2. The summed E-state index contributed by atoms with van der Waals surface area (Å²) in [6, 6.07) is 3.20. The van der Waals surface area contributed by atoms with Crippen molar-refractivity contribution in [3.05, 3.63) is 35.1 Å². The van der Waals surface area contributed by atoms with Gasteiger partial charge in [0.1, 0.15) is 5.82 Å². The third kappa shape index (κ3) is 5.16. The molecule has 1 aromatic rings. The monoisotopic (exact) mass is 278 g/mol. The Balaban J connectivity index is 2.70. The summed E-state index contributed by atoms with van der Waals surface area (Å²) in [5.74, 6) is -1.24. The number of alkyl halides is 3. The van der Waals surface area contributed by atoms with Gasteiger partial charge in [-0.3, -0.25) is 0 Å². The van der Waals surface area contributed by atoms with Crippen molar-refractivity contribution < 1.29 is 17.6 Å². The van der Waals surface area contributed by atoms with Crippen molar-refractivity contribution in [3.8, 4) is 0 Å². The molecular formula is C13H18F4N2. The number of benzene rings is 1. The van der Waals surface area contributed by atoms with Crippen LogP contribution in [-0.4, -0.2) is 31.6 Å². The largest absolute Gasteiger partial charge is 0.419 e. The number of rotatable bonds is 5. The van der Waals surface area contributed by atoms with Gasteiger partial charge < -0.3 is 10.2 Å². The standard InChI is InChI=1S/C13H18F4N2/c1-9(8-19(2)3)18-7-10-4-5-12(14)11(6-10)13(15,16)17/h4-6,9,18H,7-8H2,1-3H3. The number of halogens is 4. The highest BCUT2D eigenvalue weighted by Gasteiger charge is 2.34. The van der Waals surface area contributed by atoms with Gasteiger partial charge in [0.2, 0.25) is 0 Å². The van der Waals surface area contributed by atoms with E-state index < -0.39 is 17.6 Å². The van der Waals surface area contributed by atoms with Gasteiger partial charge in [-0.1, -0.05) is 6.07 Å². The van der Waals surface area contributed by atoms with Crippen molar-refractivity contribution in [1.29, 1.82) is 0 Å². The van der Waals surface area contributed by atoms with Gasteiger partial charge in [0.25, 0.3) is 0 Å². The molecule has 108 valence electrons. The molecule has 1 N–H and O–H groups in total. The van der Waals surface area contributed by atoms with Crippen LogP contribution in [0.3, 0.4) is 0 Å². The van der Waals surface area contributed by atoms with E-state index in [0.717, 1.165) is 18.7 Å². The fourth-order valence-electron chi connectivity index (χ4n) is 1.80. The van der Waals surface area contributed by atoms with Gasteiger partial charge in [0.05, 0.1) is 5.56 Å². The highest BCUT2D eigenvalue weighted by molar-refractivity contribution is 5.27. The fraction of sp³-hybridized carbons (Fsp3) is 0.538. The third-order valence-electron chi connectivity index (χ3n) is 2.63. The van der Waals surface area contributed by atoms with Crippen LogP contribution in [0.2, 0.25) is 0 Å². The topological polar surface area (TPSA) is 15.3 Å². The second-order valence-electron chi connectivity index (χ2n) is 4.86. The van der Waals surface area contributed by atoms with E-state index in [0.29, 0.717) is 5.56 Å². The highest BCUT2D eigenvalue weighted by Crippen LogP contribution is 2.31. The van der Waals surface area contributed by atoms with Gasteiger partial charge in [0.15, 0.2) is 0 Å². The van der Waals surface area contributed by atoms with E-state index in [1.165, 1.54) is 6.07 Å². The van der Waals surface area contributed by atoms with Crippen LogP contribution in [0, 0.1) is 5.82 Å². The van der Waals surface area contributed by atoms with Crippen LogP contribution in [0.25, 0.3) is 0 Å². The summed E-state index contributed by atoms with van der Waals surface area (Å²) in [7, 11) is 3.83. The molecular weight excluding hydrogens is 260 g/mol. The molecule has 0 amide bonds. The predicted octanol–water partition coefficient (Wildman–Crippen LogP) is 2.88. The maximum atomic E-state index is 13.1. The second kappa shape index (κ2) is 6.34. The Labute approximate surface area is 110 Å². The molecule has 0 fully saturated rings. The molecule has 0 saturated heterocycles. The van der Waals surface area contributed by atoms with Crippen molar-refractivity contribution in [2.24, 2.45) is 0 Å². The van der Waals surface area contributed by atoms with Crippen LogP contribution in [0.4, 0.5) is 17.6 Å². The summed E-state index contributed by atoms with van der Waals surface area (Å²) in [4.78, 5) is 1.98. The zero-order chi connectivity index (χ0) is 14.6. The lowest BCUT2D eigenvalue weighted by Gasteiger charge is -2.18. The average molecular weight is 278 g/mol. The number of nitrogens with zero attached hydrogens (tertiary/aromatic N) is 1. The minimum atomic E-state index is -4.66. The summed E-state index contributed by atoms with van der Waals surface area (Å²) >= 11 is 0. The molecule has 0 aliphatic rings. The molecule has 0 radical (unpaired) electrons. The van der Waals surface area contributed by atoms with E-state index in [4.69, 9.17) is 0 Å². The van der Waals surface area contributed by atoms with E-state index >= 15 is 0 Å². The molecule has 1 unspecified atom stereocenters. The molecule has 1 atom stereocenters. The first-order valence-corrected chi connectivity index (χ1v) is 5.94. The van der Waals surface area contributed by atoms with Gasteiger partial charge in [-0.05, 0) is 38.7 Å². The van der Waals surface area contributed by atoms with E-state index in [9.17, 15) is 17.6 Å². The minimum Gasteiger partial charge on any atom is -0.309 e. The van der Waals surface area contributed by atoms with Crippen molar-refractivity contribution in [2.45, 2.75) is 25.7 Å². The normalized spacial score (nSPS) is 13.9. The molecule has 0 aliphatic carbocycles. The summed E-state index contributed by atoms with van der Waals surface area (Å²) in [5.41, 5.74) is -0.800. The Bertz CT molecular complexity index is 416. The Hall–Kier alpha value is -1.14. The SMILES string of the molecule is CC(CN(C)C)NCc1ccc(F)c(C(F)(F)F)c1. The molecule has 1 rings (SSSR count). The first kappa shape index (κ1) is 15.9. The number of nitrogens with one attached hydrogen (secondary N) is 1. The number of hydrogen-bond donors (Lipinski definition) is 1. The Kier molecular flexibility index (Phi) is 5.31. The highest BCUT2D eigenvalue weighted by atomic mass is 19.4. The Morgan fingerprint density at radius 2 is 1.89 bits per heavy atom. The molecule has 0 bridgehead atoms. The predicted molar refractivity (Wildman–Crippen MR) is 66.3 cm³/mol. The van der Waals surface area contributed by atoms with Crippen LogP contribution in [0.15, 0.2) is 18.2 Å². The maximum Gasteiger partial charge on any atom is 0.419 e. The lowest BCUT2D eigenvalue weighted by atomic mass is 10.1. The molecule has 19 heavy (non-hydrogen) atoms. The van der Waals surface area contributed by atoms with E-state index in [1.54, 1.807) is 0 Å². The van der Waals surface area contributed by atoms with Crippen molar-refractivity contribution in [2.75, 3.05) is 20.6 Å². The van der Waals surface area contributed by atoms with Crippen LogP contribution < -0.4 is 5.32 Å². The van der Waals surface area contributed by atoms with Crippen molar-refractivity contribution in [1.82, 2.24) is 10.2 Å². The molecule has 1 aromatic carbocycles. The van der Waals surface area contributed by atoms with Gasteiger partial charge in [-0.25, -0.2) is 4.39 Å².